The fourth-order valence-corrected chi connectivity index (χ4v) is 2.25. The first-order valence-electron chi connectivity index (χ1n) is 6.36. The van der Waals surface area contributed by atoms with E-state index in [9.17, 15) is 0 Å². The molecule has 0 spiro atoms. The molecular formula is C14H19NO2. The van der Waals surface area contributed by atoms with E-state index in [1.54, 1.807) is 7.11 Å². The van der Waals surface area contributed by atoms with Crippen molar-refractivity contribution in [2.75, 3.05) is 7.11 Å². The number of benzene rings is 1. The normalized spacial score (nSPS) is 21.8. The van der Waals surface area contributed by atoms with Gasteiger partial charge in [-0.1, -0.05) is 12.1 Å². The molecule has 2 fully saturated rings. The second-order valence-electron chi connectivity index (χ2n) is 5.16. The van der Waals surface area contributed by atoms with Gasteiger partial charge in [0.1, 0.15) is 0 Å². The number of hydrogen-bond donors (Lipinski definition) is 1. The van der Waals surface area contributed by atoms with E-state index in [0.29, 0.717) is 6.10 Å². The smallest absolute Gasteiger partial charge is 0.166 e. The molecule has 17 heavy (non-hydrogen) atoms. The van der Waals surface area contributed by atoms with Crippen molar-refractivity contribution in [3.63, 3.8) is 0 Å². The summed E-state index contributed by atoms with van der Waals surface area (Å²) in [6, 6.07) is 6.02. The van der Waals surface area contributed by atoms with Gasteiger partial charge in [-0.2, -0.15) is 0 Å². The Morgan fingerprint density at radius 3 is 2.59 bits per heavy atom. The van der Waals surface area contributed by atoms with Crippen LogP contribution in [0.3, 0.4) is 0 Å². The van der Waals surface area contributed by atoms with Gasteiger partial charge >= 0.3 is 0 Å². The maximum Gasteiger partial charge on any atom is 0.166 e. The van der Waals surface area contributed by atoms with E-state index >= 15 is 0 Å². The van der Waals surface area contributed by atoms with E-state index < -0.39 is 0 Å². The van der Waals surface area contributed by atoms with Crippen molar-refractivity contribution in [1.82, 2.24) is 0 Å². The van der Waals surface area contributed by atoms with Crippen LogP contribution in [-0.2, 0) is 5.54 Å². The summed E-state index contributed by atoms with van der Waals surface area (Å²) in [7, 11) is 1.68. The minimum Gasteiger partial charge on any atom is -0.493 e. The zero-order chi connectivity index (χ0) is 11.9. The summed E-state index contributed by atoms with van der Waals surface area (Å²) in [6.07, 6.45) is 6.00. The molecule has 0 heterocycles. The van der Waals surface area contributed by atoms with E-state index in [0.717, 1.165) is 42.7 Å². The van der Waals surface area contributed by atoms with Crippen molar-refractivity contribution >= 4 is 0 Å². The Labute approximate surface area is 102 Å². The molecule has 0 amide bonds. The van der Waals surface area contributed by atoms with E-state index in [2.05, 4.69) is 6.07 Å². The lowest BCUT2D eigenvalue weighted by atomic mass is 9.95. The molecule has 2 aliphatic rings. The Morgan fingerprint density at radius 2 is 2.06 bits per heavy atom. The summed E-state index contributed by atoms with van der Waals surface area (Å²) in [5, 5.41) is 0. The minimum atomic E-state index is -0.173. The molecule has 3 rings (SSSR count). The fraction of sp³-hybridized carbons (Fsp3) is 0.571. The summed E-state index contributed by atoms with van der Waals surface area (Å²) in [4.78, 5) is 0. The lowest BCUT2D eigenvalue weighted by Gasteiger charge is -2.29. The van der Waals surface area contributed by atoms with E-state index in [-0.39, 0.29) is 5.54 Å². The van der Waals surface area contributed by atoms with E-state index in [1.807, 2.05) is 12.1 Å². The zero-order valence-corrected chi connectivity index (χ0v) is 10.2. The number of ether oxygens (including phenoxy) is 2. The van der Waals surface area contributed by atoms with Gasteiger partial charge in [0.05, 0.1) is 13.2 Å². The highest BCUT2D eigenvalue weighted by Gasteiger charge is 2.43. The van der Waals surface area contributed by atoms with Crippen LogP contribution >= 0.6 is 0 Å². The third-order valence-electron chi connectivity index (χ3n) is 3.86. The largest absolute Gasteiger partial charge is 0.493 e. The highest BCUT2D eigenvalue weighted by atomic mass is 16.5. The van der Waals surface area contributed by atoms with Crippen molar-refractivity contribution in [3.8, 4) is 11.5 Å². The predicted octanol–water partition coefficient (Wildman–Crippen LogP) is 2.57. The predicted molar refractivity (Wildman–Crippen MR) is 66.4 cm³/mol. The topological polar surface area (TPSA) is 44.5 Å². The molecule has 0 radical (unpaired) electrons. The van der Waals surface area contributed by atoms with Crippen molar-refractivity contribution in [2.45, 2.75) is 43.7 Å². The van der Waals surface area contributed by atoms with Crippen LogP contribution in [0, 0.1) is 0 Å². The lowest BCUT2D eigenvalue weighted by molar-refractivity contribution is 0.114. The Morgan fingerprint density at radius 1 is 1.29 bits per heavy atom. The van der Waals surface area contributed by atoms with E-state index in [1.165, 1.54) is 6.42 Å². The Kier molecular flexibility index (Phi) is 2.51. The molecule has 2 saturated carbocycles. The summed E-state index contributed by atoms with van der Waals surface area (Å²) in [6.45, 7) is 0. The van der Waals surface area contributed by atoms with Gasteiger partial charge in [-0.25, -0.2) is 0 Å². The summed E-state index contributed by atoms with van der Waals surface area (Å²) < 4.78 is 11.5. The molecule has 3 nitrogen and oxygen atoms in total. The van der Waals surface area contributed by atoms with Crippen LogP contribution in [0.5, 0.6) is 11.5 Å². The molecule has 92 valence electrons. The average molecular weight is 233 g/mol. The molecule has 0 aliphatic heterocycles. The standard InChI is InChI=1S/C14H19NO2/c1-16-12-7-3-6-11(14(15)8-9-14)13(12)17-10-4-2-5-10/h3,6-7,10H,2,4-5,8-9,15H2,1H3. The Bertz CT molecular complexity index is 422. The first-order valence-corrected chi connectivity index (χ1v) is 6.36. The third-order valence-corrected chi connectivity index (χ3v) is 3.86. The zero-order valence-electron chi connectivity index (χ0n) is 10.2. The molecule has 2 aliphatic carbocycles. The molecule has 0 saturated heterocycles. The van der Waals surface area contributed by atoms with Gasteiger partial charge in [0, 0.05) is 11.1 Å². The van der Waals surface area contributed by atoms with Crippen LogP contribution in [-0.4, -0.2) is 13.2 Å². The van der Waals surface area contributed by atoms with Crippen molar-refractivity contribution in [1.29, 1.82) is 0 Å². The maximum absolute atomic E-state index is 6.29. The van der Waals surface area contributed by atoms with Gasteiger partial charge < -0.3 is 15.2 Å². The van der Waals surface area contributed by atoms with Crippen LogP contribution in [0.15, 0.2) is 18.2 Å². The Balaban J connectivity index is 1.95. The molecule has 1 aromatic rings. The highest BCUT2D eigenvalue weighted by molar-refractivity contribution is 5.51. The van der Waals surface area contributed by atoms with Crippen LogP contribution in [0.25, 0.3) is 0 Å². The highest BCUT2D eigenvalue weighted by Crippen LogP contribution is 2.49. The second kappa shape index (κ2) is 3.91. The quantitative estimate of drug-likeness (QED) is 0.869. The Hall–Kier alpha value is -1.22. The monoisotopic (exact) mass is 233 g/mol. The van der Waals surface area contributed by atoms with Crippen LogP contribution in [0.1, 0.15) is 37.7 Å². The summed E-state index contributed by atoms with van der Waals surface area (Å²) >= 11 is 0. The molecule has 0 aromatic heterocycles. The number of para-hydroxylation sites is 1. The van der Waals surface area contributed by atoms with Gasteiger partial charge in [0.15, 0.2) is 11.5 Å². The maximum atomic E-state index is 6.29. The number of nitrogens with two attached hydrogens (primary N) is 1. The van der Waals surface area contributed by atoms with Gasteiger partial charge in [-0.05, 0) is 38.2 Å². The number of methoxy groups -OCH3 is 1. The molecule has 0 unspecified atom stereocenters. The first kappa shape index (κ1) is 10.9. The van der Waals surface area contributed by atoms with Crippen molar-refractivity contribution < 1.29 is 9.47 Å². The fourth-order valence-electron chi connectivity index (χ4n) is 2.25. The summed E-state index contributed by atoms with van der Waals surface area (Å²) in [5.41, 5.74) is 7.23. The van der Waals surface area contributed by atoms with E-state index in [4.69, 9.17) is 15.2 Å². The third kappa shape index (κ3) is 1.89. The minimum absolute atomic E-state index is 0.173. The van der Waals surface area contributed by atoms with Gasteiger partial charge in [0.25, 0.3) is 0 Å². The summed E-state index contributed by atoms with van der Waals surface area (Å²) in [5.74, 6) is 1.69. The SMILES string of the molecule is COc1cccc(C2(N)CC2)c1OC1CCC1. The van der Waals surface area contributed by atoms with Crippen molar-refractivity contribution in [2.24, 2.45) is 5.73 Å². The van der Waals surface area contributed by atoms with Gasteiger partial charge in [-0.3, -0.25) is 0 Å². The van der Waals surface area contributed by atoms with Gasteiger partial charge in [0.2, 0.25) is 0 Å². The van der Waals surface area contributed by atoms with Crippen LogP contribution in [0.4, 0.5) is 0 Å². The lowest BCUT2D eigenvalue weighted by Crippen LogP contribution is -2.27. The molecule has 3 heteroatoms. The molecule has 0 bridgehead atoms. The second-order valence-corrected chi connectivity index (χ2v) is 5.16. The number of rotatable bonds is 4. The molecule has 0 atom stereocenters. The first-order chi connectivity index (χ1) is 8.23. The van der Waals surface area contributed by atoms with Gasteiger partial charge in [-0.15, -0.1) is 0 Å². The van der Waals surface area contributed by atoms with Crippen LogP contribution < -0.4 is 15.2 Å². The van der Waals surface area contributed by atoms with Crippen LogP contribution in [0.2, 0.25) is 0 Å². The molecule has 2 N–H and O–H groups in total. The molecular weight excluding hydrogens is 214 g/mol. The van der Waals surface area contributed by atoms with Crippen molar-refractivity contribution in [3.05, 3.63) is 23.8 Å². The molecule has 1 aromatic carbocycles. The average Bonchev–Trinajstić information content (AvgIpc) is 3.02. The number of hydrogen-bond acceptors (Lipinski definition) is 3.